The average Bonchev–Trinajstić information content (AvgIpc) is 3.33. The monoisotopic (exact) mass is 324 g/mol. The third-order valence-electron chi connectivity index (χ3n) is 4.17. The van der Waals surface area contributed by atoms with Gasteiger partial charge in [-0.05, 0) is 44.9 Å². The third kappa shape index (κ3) is 2.88. The Hall–Kier alpha value is -2.14. The van der Waals surface area contributed by atoms with Crippen molar-refractivity contribution in [3.63, 3.8) is 0 Å². The van der Waals surface area contributed by atoms with Crippen LogP contribution in [0, 0.1) is 13.8 Å². The fourth-order valence-electron chi connectivity index (χ4n) is 2.87. The van der Waals surface area contributed by atoms with Crippen molar-refractivity contribution < 1.29 is 0 Å². The molecule has 1 aromatic heterocycles. The number of nitrogens with one attached hydrogen (secondary N) is 2. The first kappa shape index (κ1) is 14.5. The predicted octanol–water partition coefficient (Wildman–Crippen LogP) is 3.75. The number of hydrazine groups is 1. The van der Waals surface area contributed by atoms with Gasteiger partial charge in [-0.2, -0.15) is 0 Å². The van der Waals surface area contributed by atoms with E-state index in [4.69, 9.17) is 0 Å². The van der Waals surface area contributed by atoms with Gasteiger partial charge in [-0.3, -0.25) is 15.8 Å². The van der Waals surface area contributed by atoms with Gasteiger partial charge in [-0.15, -0.1) is 0 Å². The molecule has 2 N–H and O–H groups in total. The Morgan fingerprint density at radius 2 is 1.91 bits per heavy atom. The Kier molecular flexibility index (Phi) is 3.65. The molecule has 2 aliphatic rings. The lowest BCUT2D eigenvalue weighted by Gasteiger charge is -2.19. The first-order valence-corrected chi connectivity index (χ1v) is 8.82. The van der Waals surface area contributed by atoms with Crippen LogP contribution in [-0.4, -0.2) is 15.8 Å². The molecule has 1 fully saturated rings. The molecule has 1 aliphatic heterocycles. The lowest BCUT2D eigenvalue weighted by Crippen LogP contribution is -2.37. The number of para-hydroxylation sites is 1. The van der Waals surface area contributed by atoms with Crippen molar-refractivity contribution in [1.82, 2.24) is 15.4 Å². The van der Waals surface area contributed by atoms with E-state index in [1.807, 2.05) is 6.07 Å². The Balaban J connectivity index is 1.64. The van der Waals surface area contributed by atoms with E-state index in [2.05, 4.69) is 70.0 Å². The predicted molar refractivity (Wildman–Crippen MR) is 97.5 cm³/mol. The summed E-state index contributed by atoms with van der Waals surface area (Å²) in [7, 11) is 0. The Bertz CT molecular complexity index is 785. The van der Waals surface area contributed by atoms with Crippen molar-refractivity contribution in [2.45, 2.75) is 32.7 Å². The number of thioether (sulfide) groups is 1. The second-order valence-electron chi connectivity index (χ2n) is 6.02. The van der Waals surface area contributed by atoms with Crippen molar-refractivity contribution >= 4 is 22.6 Å². The smallest absolute Gasteiger partial charge is 0.180 e. The summed E-state index contributed by atoms with van der Waals surface area (Å²) in [6, 6.07) is 13.2. The molecular weight excluding hydrogens is 304 g/mol. The average molecular weight is 324 g/mol. The van der Waals surface area contributed by atoms with Gasteiger partial charge in [0, 0.05) is 28.0 Å². The van der Waals surface area contributed by atoms with Crippen molar-refractivity contribution in [3.8, 4) is 5.69 Å². The van der Waals surface area contributed by atoms with Crippen LogP contribution in [0.4, 0.5) is 0 Å². The molecule has 0 bridgehead atoms. The van der Waals surface area contributed by atoms with Crippen molar-refractivity contribution in [2.24, 2.45) is 4.99 Å². The number of aromatic nitrogens is 1. The fourth-order valence-corrected chi connectivity index (χ4v) is 3.60. The van der Waals surface area contributed by atoms with Gasteiger partial charge in [-0.25, -0.2) is 0 Å². The second kappa shape index (κ2) is 5.81. The van der Waals surface area contributed by atoms with Crippen LogP contribution in [-0.2, 0) is 0 Å². The number of amidine groups is 1. The minimum absolute atomic E-state index is 0.532. The Morgan fingerprint density at radius 3 is 2.57 bits per heavy atom. The minimum atomic E-state index is 0.532. The van der Waals surface area contributed by atoms with Crippen molar-refractivity contribution in [2.75, 3.05) is 0 Å². The zero-order chi connectivity index (χ0) is 15.8. The number of aryl methyl sites for hydroxylation is 1. The van der Waals surface area contributed by atoms with E-state index in [1.165, 1.54) is 35.5 Å². The molecular formula is C18H20N4S. The van der Waals surface area contributed by atoms with E-state index in [0.717, 1.165) is 10.9 Å². The van der Waals surface area contributed by atoms with Gasteiger partial charge >= 0.3 is 0 Å². The molecule has 0 radical (unpaired) electrons. The summed E-state index contributed by atoms with van der Waals surface area (Å²) in [6.45, 7) is 4.31. The summed E-state index contributed by atoms with van der Waals surface area (Å²) >= 11 is 1.66. The van der Waals surface area contributed by atoms with Gasteiger partial charge in [0.2, 0.25) is 0 Å². The van der Waals surface area contributed by atoms with E-state index in [0.29, 0.717) is 6.04 Å². The molecule has 0 unspecified atom stereocenters. The maximum Gasteiger partial charge on any atom is 0.180 e. The van der Waals surface area contributed by atoms with Gasteiger partial charge in [0.1, 0.15) is 0 Å². The molecule has 0 saturated heterocycles. The third-order valence-corrected chi connectivity index (χ3v) is 4.96. The molecule has 5 heteroatoms. The standard InChI is InChI=1S/C18H20N4S/c1-12-10-16(13(2)22(12)15-6-4-3-5-7-15)17-11-23-18(21-20-17)19-14-8-9-14/h3-7,10-11,14,20H,8-9H2,1-2H3,(H,19,21). The maximum absolute atomic E-state index is 4.62. The number of rotatable bonds is 3. The summed E-state index contributed by atoms with van der Waals surface area (Å²) < 4.78 is 2.29. The Morgan fingerprint density at radius 1 is 1.13 bits per heavy atom. The van der Waals surface area contributed by atoms with E-state index in [-0.39, 0.29) is 0 Å². The molecule has 1 aromatic carbocycles. The van der Waals surface area contributed by atoms with Crippen LogP contribution in [0.2, 0.25) is 0 Å². The maximum atomic E-state index is 4.62. The lowest BCUT2D eigenvalue weighted by molar-refractivity contribution is 0.836. The molecule has 2 heterocycles. The highest BCUT2D eigenvalue weighted by Gasteiger charge is 2.23. The zero-order valence-electron chi connectivity index (χ0n) is 13.3. The highest BCUT2D eigenvalue weighted by molar-refractivity contribution is 8.16. The molecule has 118 valence electrons. The van der Waals surface area contributed by atoms with E-state index < -0.39 is 0 Å². The first-order chi connectivity index (χ1) is 11.2. The van der Waals surface area contributed by atoms with Gasteiger partial charge in [0.15, 0.2) is 5.17 Å². The molecule has 0 spiro atoms. The quantitative estimate of drug-likeness (QED) is 0.903. The van der Waals surface area contributed by atoms with Crippen LogP contribution >= 0.6 is 11.8 Å². The van der Waals surface area contributed by atoms with E-state index in [1.54, 1.807) is 11.8 Å². The first-order valence-electron chi connectivity index (χ1n) is 7.94. The largest absolute Gasteiger partial charge is 0.318 e. The molecule has 4 rings (SSSR count). The second-order valence-corrected chi connectivity index (χ2v) is 6.88. The molecule has 2 aromatic rings. The molecule has 4 nitrogen and oxygen atoms in total. The van der Waals surface area contributed by atoms with Crippen molar-refractivity contribution in [3.05, 3.63) is 58.8 Å². The van der Waals surface area contributed by atoms with Crippen LogP contribution in [0.25, 0.3) is 11.4 Å². The zero-order valence-corrected chi connectivity index (χ0v) is 14.2. The SMILES string of the molecule is Cc1cc(C2=CSC(=NC3CC3)NN2)c(C)n1-c1ccccc1. The number of hydrogen-bond donors (Lipinski definition) is 2. The molecule has 0 amide bonds. The topological polar surface area (TPSA) is 41.4 Å². The highest BCUT2D eigenvalue weighted by atomic mass is 32.2. The van der Waals surface area contributed by atoms with Crippen LogP contribution < -0.4 is 10.9 Å². The van der Waals surface area contributed by atoms with Gasteiger partial charge < -0.3 is 4.57 Å². The van der Waals surface area contributed by atoms with Crippen molar-refractivity contribution in [1.29, 1.82) is 0 Å². The summed E-state index contributed by atoms with van der Waals surface area (Å²) in [6.07, 6.45) is 2.45. The summed E-state index contributed by atoms with van der Waals surface area (Å²) in [5.41, 5.74) is 12.5. The van der Waals surface area contributed by atoms with Gasteiger partial charge in [-0.1, -0.05) is 30.0 Å². The van der Waals surface area contributed by atoms with Crippen LogP contribution in [0.15, 0.2) is 46.8 Å². The molecule has 23 heavy (non-hydrogen) atoms. The van der Waals surface area contributed by atoms with E-state index in [9.17, 15) is 0 Å². The highest BCUT2D eigenvalue weighted by Crippen LogP contribution is 2.29. The number of nitrogens with zero attached hydrogens (tertiary/aromatic N) is 2. The molecule has 0 atom stereocenters. The normalized spacial score (nSPS) is 19.2. The number of aliphatic imine (C=N–C) groups is 1. The molecule has 1 saturated carbocycles. The molecule has 1 aliphatic carbocycles. The Labute approximate surface area is 140 Å². The van der Waals surface area contributed by atoms with Crippen LogP contribution in [0.1, 0.15) is 29.8 Å². The summed E-state index contributed by atoms with van der Waals surface area (Å²) in [5, 5.41) is 3.11. The van der Waals surface area contributed by atoms with Crippen LogP contribution in [0.3, 0.4) is 0 Å². The van der Waals surface area contributed by atoms with Gasteiger partial charge in [0.25, 0.3) is 0 Å². The minimum Gasteiger partial charge on any atom is -0.318 e. The van der Waals surface area contributed by atoms with E-state index >= 15 is 0 Å². The summed E-state index contributed by atoms with van der Waals surface area (Å²) in [4.78, 5) is 4.62. The fraction of sp³-hybridized carbons (Fsp3) is 0.278. The van der Waals surface area contributed by atoms with Gasteiger partial charge in [0.05, 0.1) is 11.7 Å². The number of hydrogen-bond acceptors (Lipinski definition) is 3. The lowest BCUT2D eigenvalue weighted by atomic mass is 10.2. The number of benzene rings is 1. The summed E-state index contributed by atoms with van der Waals surface area (Å²) in [5.74, 6) is 0. The van der Waals surface area contributed by atoms with Crippen LogP contribution in [0.5, 0.6) is 0 Å².